The molecule has 0 spiro atoms. The molecule has 0 aliphatic rings. The minimum Gasteiger partial charge on any atom is -0.478 e. The molecule has 1 aromatic carbocycles. The summed E-state index contributed by atoms with van der Waals surface area (Å²) in [4.78, 5) is 10.5. The molecule has 20 heavy (non-hydrogen) atoms. The Morgan fingerprint density at radius 2 is 1.95 bits per heavy atom. The molecule has 0 amide bonds. The molecule has 1 aromatic rings. The van der Waals surface area contributed by atoms with Gasteiger partial charge >= 0.3 is 5.97 Å². The first kappa shape index (κ1) is 16.4. The molecule has 0 aliphatic carbocycles. The van der Waals surface area contributed by atoms with Crippen LogP contribution >= 0.6 is 0 Å². The summed E-state index contributed by atoms with van der Waals surface area (Å²) in [6.07, 6.45) is 2.35. The molecule has 7 heteroatoms. The van der Waals surface area contributed by atoms with Crippen LogP contribution in [0.4, 0.5) is 0 Å². The minimum absolute atomic E-state index is 0.0927. The molecular formula is C13H17NO5S. The highest BCUT2D eigenvalue weighted by Crippen LogP contribution is 2.12. The van der Waals surface area contributed by atoms with Crippen LogP contribution in [0.2, 0.25) is 0 Å². The first-order valence-electron chi connectivity index (χ1n) is 5.96. The number of rotatable bonds is 7. The van der Waals surface area contributed by atoms with Crippen molar-refractivity contribution in [2.75, 3.05) is 13.2 Å². The van der Waals surface area contributed by atoms with E-state index in [0.717, 1.165) is 6.08 Å². The molecule has 0 aromatic heterocycles. The number of sulfonamides is 1. The monoisotopic (exact) mass is 299 g/mol. The van der Waals surface area contributed by atoms with E-state index in [0.29, 0.717) is 5.56 Å². The maximum atomic E-state index is 11.9. The number of carboxylic acid groups (broad SMARTS) is 1. The molecule has 0 aliphatic heterocycles. The van der Waals surface area contributed by atoms with Crippen molar-refractivity contribution in [1.29, 1.82) is 0 Å². The summed E-state index contributed by atoms with van der Waals surface area (Å²) >= 11 is 0. The molecule has 3 N–H and O–H groups in total. The summed E-state index contributed by atoms with van der Waals surface area (Å²) in [5.74, 6) is -1.23. The molecule has 1 rings (SSSR count). The summed E-state index contributed by atoms with van der Waals surface area (Å²) in [5.41, 5.74) is 0.593. The lowest BCUT2D eigenvalue weighted by Gasteiger charge is -2.10. The largest absolute Gasteiger partial charge is 0.478 e. The van der Waals surface area contributed by atoms with Crippen molar-refractivity contribution in [1.82, 2.24) is 4.72 Å². The quantitative estimate of drug-likeness (QED) is 0.643. The summed E-state index contributed by atoms with van der Waals surface area (Å²) < 4.78 is 26.2. The van der Waals surface area contributed by atoms with Gasteiger partial charge in [-0.2, -0.15) is 0 Å². The van der Waals surface area contributed by atoms with Crippen LogP contribution in [-0.2, 0) is 14.8 Å². The summed E-state index contributed by atoms with van der Waals surface area (Å²) in [6, 6.07) is 5.83. The first-order valence-corrected chi connectivity index (χ1v) is 7.45. The lowest BCUT2D eigenvalue weighted by molar-refractivity contribution is -0.131. The first-order chi connectivity index (χ1) is 9.35. The molecule has 6 nitrogen and oxygen atoms in total. The molecule has 0 fully saturated rings. The van der Waals surface area contributed by atoms with Crippen molar-refractivity contribution < 1.29 is 23.4 Å². The Morgan fingerprint density at radius 3 is 2.45 bits per heavy atom. The standard InChI is InChI=1S/C13H17NO5S/c1-10(9-15)8-14-20(18,19)12-5-2-11(3-6-12)4-7-13(16)17/h2-7,10,14-15H,8-9H2,1H3,(H,16,17). The van der Waals surface area contributed by atoms with Gasteiger partial charge in [-0.3, -0.25) is 0 Å². The average Bonchev–Trinajstić information content (AvgIpc) is 2.43. The number of nitrogens with one attached hydrogen (secondary N) is 1. The van der Waals surface area contributed by atoms with Gasteiger partial charge in [0.15, 0.2) is 0 Å². The highest BCUT2D eigenvalue weighted by atomic mass is 32.2. The van der Waals surface area contributed by atoms with Crippen molar-refractivity contribution >= 4 is 22.1 Å². The number of aliphatic hydroxyl groups excluding tert-OH is 1. The second-order valence-electron chi connectivity index (χ2n) is 4.38. The summed E-state index contributed by atoms with van der Waals surface area (Å²) in [7, 11) is -3.61. The predicted molar refractivity (Wildman–Crippen MR) is 74.6 cm³/mol. The Morgan fingerprint density at radius 1 is 1.35 bits per heavy atom. The van der Waals surface area contributed by atoms with Crippen LogP contribution in [0, 0.1) is 5.92 Å². The number of hydrogen-bond acceptors (Lipinski definition) is 4. The second kappa shape index (κ2) is 7.18. The Balaban J connectivity index is 2.79. The molecule has 1 unspecified atom stereocenters. The molecule has 0 heterocycles. The van der Waals surface area contributed by atoms with E-state index in [1.807, 2.05) is 0 Å². The third-order valence-corrected chi connectivity index (χ3v) is 3.98. The highest BCUT2D eigenvalue weighted by molar-refractivity contribution is 7.89. The number of aliphatic hydroxyl groups is 1. The zero-order valence-corrected chi connectivity index (χ0v) is 11.8. The number of hydrogen-bond donors (Lipinski definition) is 3. The maximum Gasteiger partial charge on any atom is 0.328 e. The molecule has 110 valence electrons. The SMILES string of the molecule is CC(CO)CNS(=O)(=O)c1ccc(C=CC(=O)O)cc1. The number of aliphatic carboxylic acids is 1. The Kier molecular flexibility index (Phi) is 5.87. The van der Waals surface area contributed by atoms with Crippen LogP contribution in [0.25, 0.3) is 6.08 Å². The van der Waals surface area contributed by atoms with Crippen LogP contribution in [0.5, 0.6) is 0 Å². The average molecular weight is 299 g/mol. The zero-order chi connectivity index (χ0) is 15.2. The molecular weight excluding hydrogens is 282 g/mol. The van der Waals surface area contributed by atoms with Crippen LogP contribution in [-0.4, -0.2) is 37.8 Å². The smallest absolute Gasteiger partial charge is 0.328 e. The topological polar surface area (TPSA) is 104 Å². The zero-order valence-electron chi connectivity index (χ0n) is 11.0. The van der Waals surface area contributed by atoms with E-state index in [-0.39, 0.29) is 24.0 Å². The Bertz CT molecular complexity index is 577. The Hall–Kier alpha value is -1.70. The van der Waals surface area contributed by atoms with Gasteiger partial charge in [0.2, 0.25) is 10.0 Å². The van der Waals surface area contributed by atoms with Crippen LogP contribution in [0.15, 0.2) is 35.2 Å². The summed E-state index contributed by atoms with van der Waals surface area (Å²) in [6.45, 7) is 1.78. The fourth-order valence-corrected chi connectivity index (χ4v) is 2.49. The van der Waals surface area contributed by atoms with Crippen molar-refractivity contribution in [3.63, 3.8) is 0 Å². The van der Waals surface area contributed by atoms with E-state index >= 15 is 0 Å². The van der Waals surface area contributed by atoms with Gasteiger partial charge in [-0.25, -0.2) is 17.9 Å². The van der Waals surface area contributed by atoms with E-state index in [1.54, 1.807) is 6.92 Å². The van der Waals surface area contributed by atoms with Crippen molar-refractivity contribution in [3.8, 4) is 0 Å². The van der Waals surface area contributed by atoms with Crippen LogP contribution < -0.4 is 4.72 Å². The van der Waals surface area contributed by atoms with Gasteiger partial charge in [-0.05, 0) is 29.7 Å². The number of carboxylic acids is 1. The van der Waals surface area contributed by atoms with Crippen molar-refractivity contribution in [2.45, 2.75) is 11.8 Å². The van der Waals surface area contributed by atoms with E-state index in [1.165, 1.54) is 30.3 Å². The van der Waals surface area contributed by atoms with E-state index in [4.69, 9.17) is 10.2 Å². The predicted octanol–water partition coefficient (Wildman–Crippen LogP) is 0.691. The van der Waals surface area contributed by atoms with Gasteiger partial charge in [0, 0.05) is 19.2 Å². The van der Waals surface area contributed by atoms with Gasteiger partial charge in [0.1, 0.15) is 0 Å². The molecule has 0 radical (unpaired) electrons. The van der Waals surface area contributed by atoms with E-state index < -0.39 is 16.0 Å². The van der Waals surface area contributed by atoms with Gasteiger partial charge < -0.3 is 10.2 Å². The van der Waals surface area contributed by atoms with Gasteiger partial charge in [0.05, 0.1) is 4.90 Å². The van der Waals surface area contributed by atoms with Gasteiger partial charge in [0.25, 0.3) is 0 Å². The third-order valence-electron chi connectivity index (χ3n) is 2.54. The minimum atomic E-state index is -3.61. The number of carbonyl (C=O) groups is 1. The molecule has 1 atom stereocenters. The third kappa shape index (κ3) is 5.12. The molecule has 0 saturated carbocycles. The van der Waals surface area contributed by atoms with Gasteiger partial charge in [-0.1, -0.05) is 19.1 Å². The Labute approximate surface area is 117 Å². The van der Waals surface area contributed by atoms with Gasteiger partial charge in [-0.15, -0.1) is 0 Å². The van der Waals surface area contributed by atoms with E-state index in [9.17, 15) is 13.2 Å². The maximum absolute atomic E-state index is 11.9. The lowest BCUT2D eigenvalue weighted by Crippen LogP contribution is -2.29. The highest BCUT2D eigenvalue weighted by Gasteiger charge is 2.14. The lowest BCUT2D eigenvalue weighted by atomic mass is 10.2. The fourth-order valence-electron chi connectivity index (χ4n) is 1.33. The summed E-state index contributed by atoms with van der Waals surface area (Å²) in [5, 5.41) is 17.3. The van der Waals surface area contributed by atoms with Crippen LogP contribution in [0.3, 0.4) is 0 Å². The number of benzene rings is 1. The molecule has 0 bridgehead atoms. The fraction of sp³-hybridized carbons (Fsp3) is 0.308. The van der Waals surface area contributed by atoms with Crippen LogP contribution in [0.1, 0.15) is 12.5 Å². The van der Waals surface area contributed by atoms with Crippen molar-refractivity contribution in [3.05, 3.63) is 35.9 Å². The normalized spacial score (nSPS) is 13.5. The van der Waals surface area contributed by atoms with Crippen molar-refractivity contribution in [2.24, 2.45) is 5.92 Å². The molecule has 0 saturated heterocycles. The van der Waals surface area contributed by atoms with E-state index in [2.05, 4.69) is 4.72 Å². The second-order valence-corrected chi connectivity index (χ2v) is 6.15.